The van der Waals surface area contributed by atoms with Crippen LogP contribution in [0.5, 0.6) is 0 Å². The molecule has 178 valence electrons. The van der Waals surface area contributed by atoms with E-state index in [9.17, 15) is 14.4 Å². The van der Waals surface area contributed by atoms with Crippen molar-refractivity contribution in [3.8, 4) is 0 Å². The zero-order valence-corrected chi connectivity index (χ0v) is 19.6. The predicted molar refractivity (Wildman–Crippen MR) is 125 cm³/mol. The number of hydrogen-bond donors (Lipinski definition) is 3. The fraction of sp³-hybridized carbons (Fsp3) is 0.640. The maximum absolute atomic E-state index is 12.9. The second kappa shape index (κ2) is 10.0. The molecule has 33 heavy (non-hydrogen) atoms. The van der Waals surface area contributed by atoms with Crippen molar-refractivity contribution in [1.82, 2.24) is 15.2 Å². The first-order chi connectivity index (χ1) is 15.9. The highest BCUT2D eigenvalue weighted by Gasteiger charge is 2.40. The molecule has 2 heterocycles. The fourth-order valence-electron chi connectivity index (χ4n) is 5.60. The lowest BCUT2D eigenvalue weighted by Crippen LogP contribution is -2.49. The lowest BCUT2D eigenvalue weighted by atomic mass is 9.59. The van der Waals surface area contributed by atoms with Gasteiger partial charge in [-0.3, -0.25) is 24.8 Å². The number of nitrogens with two attached hydrogens (primary N) is 1. The van der Waals surface area contributed by atoms with Crippen LogP contribution < -0.4 is 16.0 Å². The Balaban J connectivity index is 1.27. The van der Waals surface area contributed by atoms with Crippen molar-refractivity contribution in [3.05, 3.63) is 24.0 Å². The van der Waals surface area contributed by atoms with E-state index in [1.54, 1.807) is 23.4 Å². The molecule has 1 aromatic rings. The molecule has 1 atom stereocenters. The van der Waals surface area contributed by atoms with Crippen LogP contribution in [0.1, 0.15) is 70.3 Å². The first kappa shape index (κ1) is 23.4. The van der Waals surface area contributed by atoms with Crippen LogP contribution >= 0.6 is 0 Å². The van der Waals surface area contributed by atoms with Gasteiger partial charge < -0.3 is 15.5 Å². The number of amides is 2. The highest BCUT2D eigenvalue weighted by Crippen LogP contribution is 2.52. The van der Waals surface area contributed by atoms with Gasteiger partial charge in [-0.05, 0) is 68.8 Å². The van der Waals surface area contributed by atoms with Gasteiger partial charge in [0.05, 0.1) is 24.0 Å². The first-order valence-electron chi connectivity index (χ1n) is 12.3. The predicted octanol–water partition coefficient (Wildman–Crippen LogP) is 1.10. The number of nitrogens with zero attached hydrogens (tertiary/aromatic N) is 2. The lowest BCUT2D eigenvalue weighted by molar-refractivity contribution is -0.137. The number of ketones is 1. The van der Waals surface area contributed by atoms with Crippen LogP contribution in [-0.2, 0) is 14.4 Å². The average molecular weight is 455 g/mol. The molecule has 3 aliphatic rings. The SMILES string of the molecule is CC(=O)C(=[NH2+])c1ccncc1NCC(=O)N1CCC[C@H]1C(=O)NCC1CCC2(CCC2)CC1. The van der Waals surface area contributed by atoms with E-state index in [4.69, 9.17) is 5.41 Å². The van der Waals surface area contributed by atoms with Gasteiger partial charge in [0.25, 0.3) is 0 Å². The minimum Gasteiger partial charge on any atom is -0.374 e. The maximum atomic E-state index is 12.9. The van der Waals surface area contributed by atoms with Crippen LogP contribution in [0.15, 0.2) is 18.5 Å². The molecule has 2 amide bonds. The molecule has 8 nitrogen and oxygen atoms in total. The minimum absolute atomic E-state index is 0.0123. The molecule has 3 fully saturated rings. The van der Waals surface area contributed by atoms with E-state index in [1.807, 2.05) is 0 Å². The molecule has 1 spiro atoms. The summed E-state index contributed by atoms with van der Waals surface area (Å²) in [5.74, 6) is 0.126. The number of pyridine rings is 1. The lowest BCUT2D eigenvalue weighted by Gasteiger charge is -2.47. The molecular formula is C25H36N5O3+. The average Bonchev–Trinajstić information content (AvgIpc) is 3.30. The molecular weight excluding hydrogens is 418 g/mol. The Hall–Kier alpha value is -2.77. The standard InChI is InChI=1S/C25H35N5O3/c1-17(31)23(26)19-7-12-27-15-20(19)28-16-22(32)30-13-2-4-21(30)24(33)29-14-18-5-10-25(11-6-18)8-3-9-25/h7,12,15,18,21,26,28H,2-6,8-11,13-14,16H2,1H3,(H,29,33)/p+1/t21-/m0/s1. The van der Waals surface area contributed by atoms with Crippen molar-refractivity contribution in [2.45, 2.75) is 70.8 Å². The van der Waals surface area contributed by atoms with Crippen molar-refractivity contribution >= 4 is 29.0 Å². The Morgan fingerprint density at radius 3 is 2.58 bits per heavy atom. The van der Waals surface area contributed by atoms with Crippen molar-refractivity contribution in [2.24, 2.45) is 11.3 Å². The van der Waals surface area contributed by atoms with E-state index in [-0.39, 0.29) is 29.9 Å². The van der Waals surface area contributed by atoms with Gasteiger partial charge >= 0.3 is 0 Å². The molecule has 0 bridgehead atoms. The molecule has 4 rings (SSSR count). The van der Waals surface area contributed by atoms with Crippen LogP contribution in [0.3, 0.4) is 0 Å². The normalized spacial score (nSPS) is 22.0. The number of nitrogens with one attached hydrogen (secondary N) is 2. The van der Waals surface area contributed by atoms with Crippen LogP contribution in [0, 0.1) is 11.3 Å². The molecule has 1 aliphatic heterocycles. The van der Waals surface area contributed by atoms with E-state index >= 15 is 0 Å². The highest BCUT2D eigenvalue weighted by atomic mass is 16.2. The van der Waals surface area contributed by atoms with E-state index in [0.29, 0.717) is 42.1 Å². The second-order valence-corrected chi connectivity index (χ2v) is 10.0. The van der Waals surface area contributed by atoms with Gasteiger partial charge in [0.2, 0.25) is 23.3 Å². The van der Waals surface area contributed by atoms with Crippen molar-refractivity contribution in [1.29, 1.82) is 0 Å². The fourth-order valence-corrected chi connectivity index (χ4v) is 5.60. The van der Waals surface area contributed by atoms with Gasteiger partial charge in [-0.25, -0.2) is 0 Å². The zero-order valence-electron chi connectivity index (χ0n) is 19.6. The van der Waals surface area contributed by atoms with Gasteiger partial charge in [0, 0.05) is 26.2 Å². The van der Waals surface area contributed by atoms with Gasteiger partial charge in [-0.1, -0.05) is 6.42 Å². The highest BCUT2D eigenvalue weighted by molar-refractivity contribution is 6.43. The van der Waals surface area contributed by atoms with E-state index in [2.05, 4.69) is 15.6 Å². The van der Waals surface area contributed by atoms with Crippen molar-refractivity contribution < 1.29 is 19.8 Å². The summed E-state index contributed by atoms with van der Waals surface area (Å²) in [6.07, 6.45) is 13.8. The third kappa shape index (κ3) is 5.25. The molecule has 8 heteroatoms. The summed E-state index contributed by atoms with van der Waals surface area (Å²) in [6, 6.07) is 1.23. The number of carbonyl (C=O) groups excluding carboxylic acids is 3. The zero-order chi connectivity index (χ0) is 23.4. The number of anilines is 1. The topological polar surface area (TPSA) is 117 Å². The van der Waals surface area contributed by atoms with Gasteiger partial charge in [-0.2, -0.15) is 0 Å². The van der Waals surface area contributed by atoms with E-state index in [1.165, 1.54) is 51.9 Å². The maximum Gasteiger partial charge on any atom is 0.249 e. The summed E-state index contributed by atoms with van der Waals surface area (Å²) in [5, 5.41) is 12.1. The molecule has 1 saturated heterocycles. The van der Waals surface area contributed by atoms with Crippen LogP contribution in [0.25, 0.3) is 0 Å². The molecule has 0 unspecified atom stereocenters. The number of rotatable bonds is 8. The van der Waals surface area contributed by atoms with Gasteiger partial charge in [-0.15, -0.1) is 0 Å². The Kier molecular flexibility index (Phi) is 7.10. The van der Waals surface area contributed by atoms with Crippen molar-refractivity contribution in [2.75, 3.05) is 25.0 Å². The summed E-state index contributed by atoms with van der Waals surface area (Å²) in [6.45, 7) is 2.70. The Morgan fingerprint density at radius 1 is 1.15 bits per heavy atom. The molecule has 0 aromatic carbocycles. The smallest absolute Gasteiger partial charge is 0.249 e. The molecule has 2 saturated carbocycles. The van der Waals surface area contributed by atoms with Crippen molar-refractivity contribution in [3.63, 3.8) is 0 Å². The molecule has 4 N–H and O–H groups in total. The molecule has 1 aromatic heterocycles. The monoisotopic (exact) mass is 454 g/mol. The molecule has 2 aliphatic carbocycles. The quantitative estimate of drug-likeness (QED) is 0.509. The Morgan fingerprint density at radius 2 is 1.91 bits per heavy atom. The summed E-state index contributed by atoms with van der Waals surface area (Å²) in [4.78, 5) is 43.2. The Labute approximate surface area is 195 Å². The Bertz CT molecular complexity index is 916. The van der Waals surface area contributed by atoms with Crippen LogP contribution in [0.4, 0.5) is 5.69 Å². The number of Topliss-reactive ketones (excluding diaryl/α,β-unsaturated/α-hetero) is 1. The van der Waals surface area contributed by atoms with E-state index < -0.39 is 6.04 Å². The van der Waals surface area contributed by atoms with Crippen LogP contribution in [0.2, 0.25) is 0 Å². The third-order valence-corrected chi connectivity index (χ3v) is 7.94. The van der Waals surface area contributed by atoms with Gasteiger partial charge in [0.15, 0.2) is 0 Å². The minimum atomic E-state index is -0.414. The number of aromatic nitrogens is 1. The second-order valence-electron chi connectivity index (χ2n) is 10.0. The van der Waals surface area contributed by atoms with Crippen LogP contribution in [-0.4, -0.2) is 58.9 Å². The molecule has 0 radical (unpaired) electrons. The van der Waals surface area contributed by atoms with E-state index in [0.717, 1.165) is 6.42 Å². The number of carbonyl (C=O) groups is 3. The third-order valence-electron chi connectivity index (χ3n) is 7.94. The number of likely N-dealkylation sites (tertiary alicyclic amines) is 1. The summed E-state index contributed by atoms with van der Waals surface area (Å²) in [5.41, 5.74) is 1.80. The van der Waals surface area contributed by atoms with Gasteiger partial charge in [0.1, 0.15) is 6.04 Å². The largest absolute Gasteiger partial charge is 0.374 e. The summed E-state index contributed by atoms with van der Waals surface area (Å²) < 4.78 is 0. The summed E-state index contributed by atoms with van der Waals surface area (Å²) >= 11 is 0. The number of hydrogen-bond acceptors (Lipinski definition) is 5. The summed E-state index contributed by atoms with van der Waals surface area (Å²) in [7, 11) is 0. The first-order valence-corrected chi connectivity index (χ1v) is 12.3.